The van der Waals surface area contributed by atoms with E-state index < -0.39 is 5.54 Å². The number of nitrogens with one attached hydrogen (secondary N) is 1. The van der Waals surface area contributed by atoms with Crippen LogP contribution in [-0.2, 0) is 17.6 Å². The van der Waals surface area contributed by atoms with Gasteiger partial charge in [-0.15, -0.1) is 0 Å². The van der Waals surface area contributed by atoms with E-state index in [0.717, 1.165) is 29.0 Å². The Labute approximate surface area is 147 Å². The van der Waals surface area contributed by atoms with Gasteiger partial charge in [-0.05, 0) is 45.6 Å². The summed E-state index contributed by atoms with van der Waals surface area (Å²) in [5.74, 6) is 0.566. The van der Waals surface area contributed by atoms with Crippen molar-refractivity contribution in [3.05, 3.63) is 52.9 Å². The van der Waals surface area contributed by atoms with Crippen LogP contribution in [0, 0.1) is 13.8 Å². The molecule has 6 heteroatoms. The maximum absolute atomic E-state index is 12.8. The second-order valence-electron chi connectivity index (χ2n) is 6.76. The Morgan fingerprint density at radius 2 is 1.88 bits per heavy atom. The van der Waals surface area contributed by atoms with Gasteiger partial charge in [-0.3, -0.25) is 9.69 Å². The van der Waals surface area contributed by atoms with Crippen LogP contribution in [0.2, 0.25) is 0 Å². The van der Waals surface area contributed by atoms with Crippen LogP contribution in [0.5, 0.6) is 0 Å². The molecule has 0 bridgehead atoms. The molecule has 1 aromatic heterocycles. The third-order valence-electron chi connectivity index (χ3n) is 4.87. The van der Waals surface area contributed by atoms with Gasteiger partial charge >= 0.3 is 6.03 Å². The van der Waals surface area contributed by atoms with E-state index in [9.17, 15) is 9.59 Å². The molecule has 25 heavy (non-hydrogen) atoms. The second-order valence-corrected chi connectivity index (χ2v) is 6.76. The van der Waals surface area contributed by atoms with Crippen molar-refractivity contribution in [2.75, 3.05) is 6.54 Å². The molecule has 1 aliphatic rings. The first kappa shape index (κ1) is 17.2. The minimum Gasteiger partial charge on any atom is -0.361 e. The average Bonchev–Trinajstić information content (AvgIpc) is 3.02. The number of aromatic nitrogens is 1. The number of aryl methyl sites for hydroxylation is 3. The Morgan fingerprint density at radius 1 is 1.16 bits per heavy atom. The van der Waals surface area contributed by atoms with Crippen molar-refractivity contribution in [3.63, 3.8) is 0 Å². The van der Waals surface area contributed by atoms with E-state index in [4.69, 9.17) is 4.52 Å². The number of urea groups is 1. The molecular weight excluding hydrogens is 318 g/mol. The van der Waals surface area contributed by atoms with Crippen molar-refractivity contribution < 1.29 is 14.1 Å². The molecule has 0 saturated carbocycles. The highest BCUT2D eigenvalue weighted by atomic mass is 16.5. The normalized spacial score (nSPS) is 20.2. The van der Waals surface area contributed by atoms with Crippen LogP contribution in [0.4, 0.5) is 4.79 Å². The lowest BCUT2D eigenvalue weighted by atomic mass is 9.93. The number of carbonyl (C=O) groups excluding carboxylic acids is 2. The maximum atomic E-state index is 12.8. The van der Waals surface area contributed by atoms with Crippen molar-refractivity contribution in [2.45, 2.75) is 45.6 Å². The Hall–Kier alpha value is -2.63. The fraction of sp³-hybridized carbons (Fsp3) is 0.421. The maximum Gasteiger partial charge on any atom is 0.325 e. The third-order valence-corrected chi connectivity index (χ3v) is 4.87. The van der Waals surface area contributed by atoms with Crippen LogP contribution >= 0.6 is 0 Å². The van der Waals surface area contributed by atoms with Crippen molar-refractivity contribution >= 4 is 11.9 Å². The molecule has 1 saturated heterocycles. The molecule has 1 fully saturated rings. The van der Waals surface area contributed by atoms with Gasteiger partial charge in [-0.2, -0.15) is 0 Å². The first-order valence-corrected chi connectivity index (χ1v) is 8.50. The summed E-state index contributed by atoms with van der Waals surface area (Å²) >= 11 is 0. The number of carbonyl (C=O) groups is 2. The second kappa shape index (κ2) is 6.70. The van der Waals surface area contributed by atoms with E-state index in [-0.39, 0.29) is 11.9 Å². The molecule has 6 nitrogen and oxygen atoms in total. The van der Waals surface area contributed by atoms with Crippen LogP contribution in [0.15, 0.2) is 34.9 Å². The summed E-state index contributed by atoms with van der Waals surface area (Å²) in [4.78, 5) is 26.4. The smallest absolute Gasteiger partial charge is 0.325 e. The standard InChI is InChI=1S/C19H23N3O3/c1-13-16(14(2)25-21-13)10-12-22-17(23)19(3,20-18(22)24)11-9-15-7-5-4-6-8-15/h4-8H,9-12H2,1-3H3,(H,20,24). The van der Waals surface area contributed by atoms with Gasteiger partial charge in [0.2, 0.25) is 0 Å². The summed E-state index contributed by atoms with van der Waals surface area (Å²) in [6, 6.07) is 9.64. The minimum absolute atomic E-state index is 0.166. The van der Waals surface area contributed by atoms with Crippen LogP contribution < -0.4 is 5.32 Å². The fourth-order valence-corrected chi connectivity index (χ4v) is 3.24. The van der Waals surface area contributed by atoms with Crippen LogP contribution in [0.3, 0.4) is 0 Å². The van der Waals surface area contributed by atoms with Gasteiger partial charge in [0, 0.05) is 12.1 Å². The topological polar surface area (TPSA) is 75.4 Å². The lowest BCUT2D eigenvalue weighted by Gasteiger charge is -2.21. The molecule has 0 aliphatic carbocycles. The number of rotatable bonds is 6. The van der Waals surface area contributed by atoms with Gasteiger partial charge in [0.05, 0.1) is 5.69 Å². The van der Waals surface area contributed by atoms with Gasteiger partial charge in [-0.25, -0.2) is 4.79 Å². The Kier molecular flexibility index (Phi) is 4.61. The molecular formula is C19H23N3O3. The summed E-state index contributed by atoms with van der Waals surface area (Å²) in [7, 11) is 0. The average molecular weight is 341 g/mol. The molecule has 3 amide bonds. The lowest BCUT2D eigenvalue weighted by molar-refractivity contribution is -0.130. The minimum atomic E-state index is -0.855. The third kappa shape index (κ3) is 3.43. The Balaban J connectivity index is 1.65. The Bertz CT molecular complexity index is 765. The summed E-state index contributed by atoms with van der Waals surface area (Å²) in [6.45, 7) is 5.83. The summed E-state index contributed by atoms with van der Waals surface area (Å²) in [5, 5.41) is 6.77. The molecule has 1 aliphatic heterocycles. The molecule has 2 heterocycles. The predicted molar refractivity (Wildman–Crippen MR) is 93.1 cm³/mol. The number of hydrogen-bond acceptors (Lipinski definition) is 4. The van der Waals surface area contributed by atoms with Gasteiger partial charge < -0.3 is 9.84 Å². The molecule has 132 valence electrons. The number of imide groups is 1. The van der Waals surface area contributed by atoms with Crippen molar-refractivity contribution in [1.29, 1.82) is 0 Å². The highest BCUT2D eigenvalue weighted by molar-refractivity contribution is 6.06. The number of hydrogen-bond donors (Lipinski definition) is 1. The van der Waals surface area contributed by atoms with E-state index in [1.165, 1.54) is 4.90 Å². The SMILES string of the molecule is Cc1noc(C)c1CCN1C(=O)NC(C)(CCc2ccccc2)C1=O. The van der Waals surface area contributed by atoms with Crippen LogP contribution in [0.1, 0.15) is 35.9 Å². The fourth-order valence-electron chi connectivity index (χ4n) is 3.24. The molecule has 0 radical (unpaired) electrons. The highest BCUT2D eigenvalue weighted by Crippen LogP contribution is 2.24. The Morgan fingerprint density at radius 3 is 2.52 bits per heavy atom. The molecule has 1 aromatic carbocycles. The number of nitrogens with zero attached hydrogens (tertiary/aromatic N) is 2. The van der Waals surface area contributed by atoms with Crippen LogP contribution in [-0.4, -0.2) is 34.1 Å². The molecule has 1 N–H and O–H groups in total. The zero-order valence-corrected chi connectivity index (χ0v) is 14.8. The van der Waals surface area contributed by atoms with E-state index in [2.05, 4.69) is 10.5 Å². The van der Waals surface area contributed by atoms with E-state index in [1.54, 1.807) is 6.92 Å². The van der Waals surface area contributed by atoms with Gasteiger partial charge in [0.1, 0.15) is 11.3 Å². The summed E-state index contributed by atoms with van der Waals surface area (Å²) in [5.41, 5.74) is 2.06. The predicted octanol–water partition coefficient (Wildman–Crippen LogP) is 2.78. The molecule has 0 spiro atoms. The summed E-state index contributed by atoms with van der Waals surface area (Å²) < 4.78 is 5.14. The first-order chi connectivity index (χ1) is 11.9. The quantitative estimate of drug-likeness (QED) is 0.820. The van der Waals surface area contributed by atoms with E-state index in [0.29, 0.717) is 19.4 Å². The largest absolute Gasteiger partial charge is 0.361 e. The highest BCUT2D eigenvalue weighted by Gasteiger charge is 2.47. The monoisotopic (exact) mass is 341 g/mol. The number of amides is 3. The van der Waals surface area contributed by atoms with Crippen molar-refractivity contribution in [2.24, 2.45) is 0 Å². The molecule has 2 aromatic rings. The number of benzene rings is 1. The summed E-state index contributed by atoms with van der Waals surface area (Å²) in [6.07, 6.45) is 1.86. The van der Waals surface area contributed by atoms with Gasteiger partial charge in [0.15, 0.2) is 0 Å². The van der Waals surface area contributed by atoms with E-state index >= 15 is 0 Å². The lowest BCUT2D eigenvalue weighted by Crippen LogP contribution is -2.44. The van der Waals surface area contributed by atoms with Gasteiger partial charge in [-0.1, -0.05) is 35.5 Å². The van der Waals surface area contributed by atoms with Crippen molar-refractivity contribution in [1.82, 2.24) is 15.4 Å². The van der Waals surface area contributed by atoms with Crippen molar-refractivity contribution in [3.8, 4) is 0 Å². The first-order valence-electron chi connectivity index (χ1n) is 8.50. The zero-order valence-electron chi connectivity index (χ0n) is 14.8. The zero-order chi connectivity index (χ0) is 18.0. The molecule has 1 unspecified atom stereocenters. The molecule has 3 rings (SSSR count). The van der Waals surface area contributed by atoms with Gasteiger partial charge in [0.25, 0.3) is 5.91 Å². The van der Waals surface area contributed by atoms with Crippen LogP contribution in [0.25, 0.3) is 0 Å². The van der Waals surface area contributed by atoms with E-state index in [1.807, 2.05) is 44.2 Å². The molecule has 1 atom stereocenters.